The molecule has 2 nitrogen and oxygen atoms in total. The van der Waals surface area contributed by atoms with Gasteiger partial charge in [0.2, 0.25) is 0 Å². The van der Waals surface area contributed by atoms with Crippen molar-refractivity contribution in [1.82, 2.24) is 0 Å². The van der Waals surface area contributed by atoms with Gasteiger partial charge in [0.15, 0.2) is 9.84 Å². The molecule has 64 valence electrons. The molecule has 0 amide bonds. The molecule has 1 saturated carbocycles. The van der Waals surface area contributed by atoms with Crippen LogP contribution >= 0.6 is 0 Å². The lowest BCUT2D eigenvalue weighted by Gasteiger charge is -2.05. The van der Waals surface area contributed by atoms with Gasteiger partial charge in [0.1, 0.15) is 0 Å². The van der Waals surface area contributed by atoms with Crippen LogP contribution < -0.4 is 0 Å². The summed E-state index contributed by atoms with van der Waals surface area (Å²) in [5.74, 6) is 0.717. The van der Waals surface area contributed by atoms with Crippen molar-refractivity contribution in [3.8, 4) is 0 Å². The van der Waals surface area contributed by atoms with Gasteiger partial charge in [0.25, 0.3) is 0 Å². The number of sulfone groups is 1. The maximum Gasteiger partial charge on any atom is 0.171 e. The lowest BCUT2D eigenvalue weighted by molar-refractivity contribution is 0.566. The van der Waals surface area contributed by atoms with Crippen LogP contribution in [0, 0.1) is 5.92 Å². The largest absolute Gasteiger partial charge is 0.224 e. The van der Waals surface area contributed by atoms with Crippen molar-refractivity contribution in [2.24, 2.45) is 5.92 Å². The Bertz CT molecular complexity index is 222. The maximum atomic E-state index is 11.0. The number of hydrogen-bond acceptors (Lipinski definition) is 2. The standard InChI is InChI=1S/C8H14O2S/c1-2-11(9,10)7-8-5-3-4-6-8/h2,8H,1,3-7H2. The van der Waals surface area contributed by atoms with Crippen LogP contribution in [-0.4, -0.2) is 14.2 Å². The van der Waals surface area contributed by atoms with E-state index in [4.69, 9.17) is 0 Å². The minimum Gasteiger partial charge on any atom is -0.224 e. The lowest BCUT2D eigenvalue weighted by Crippen LogP contribution is -2.10. The highest BCUT2D eigenvalue weighted by atomic mass is 32.2. The summed E-state index contributed by atoms with van der Waals surface area (Å²) >= 11 is 0. The second kappa shape index (κ2) is 3.39. The van der Waals surface area contributed by atoms with E-state index >= 15 is 0 Å². The SMILES string of the molecule is C=CS(=O)(=O)CC1CCCC1. The maximum absolute atomic E-state index is 11.0. The van der Waals surface area contributed by atoms with Crippen LogP contribution in [0.2, 0.25) is 0 Å². The summed E-state index contributed by atoms with van der Waals surface area (Å²) in [7, 11) is -2.94. The first-order valence-electron chi connectivity index (χ1n) is 3.99. The molecule has 1 fully saturated rings. The zero-order valence-corrected chi connectivity index (χ0v) is 7.44. The Hall–Kier alpha value is -0.310. The number of rotatable bonds is 3. The van der Waals surface area contributed by atoms with Crippen LogP contribution in [0.5, 0.6) is 0 Å². The fourth-order valence-electron chi connectivity index (χ4n) is 1.57. The average Bonchev–Trinajstić information content (AvgIpc) is 2.39. The van der Waals surface area contributed by atoms with E-state index in [9.17, 15) is 8.42 Å². The van der Waals surface area contributed by atoms with Crippen molar-refractivity contribution in [2.75, 3.05) is 5.75 Å². The van der Waals surface area contributed by atoms with Crippen molar-refractivity contribution in [3.63, 3.8) is 0 Å². The van der Waals surface area contributed by atoms with Gasteiger partial charge in [-0.25, -0.2) is 8.42 Å². The molecule has 0 unspecified atom stereocenters. The summed E-state index contributed by atoms with van der Waals surface area (Å²) < 4.78 is 22.1. The van der Waals surface area contributed by atoms with Crippen molar-refractivity contribution < 1.29 is 8.42 Å². The van der Waals surface area contributed by atoms with Crippen molar-refractivity contribution in [2.45, 2.75) is 25.7 Å². The molecule has 0 bridgehead atoms. The van der Waals surface area contributed by atoms with Crippen LogP contribution in [0.1, 0.15) is 25.7 Å². The molecule has 3 heteroatoms. The normalized spacial score (nSPS) is 20.4. The van der Waals surface area contributed by atoms with E-state index in [-0.39, 0.29) is 0 Å². The van der Waals surface area contributed by atoms with Gasteiger partial charge in [0.05, 0.1) is 5.75 Å². The molecule has 11 heavy (non-hydrogen) atoms. The van der Waals surface area contributed by atoms with E-state index in [1.165, 1.54) is 12.8 Å². The van der Waals surface area contributed by atoms with Crippen LogP contribution in [0.15, 0.2) is 12.0 Å². The monoisotopic (exact) mass is 174 g/mol. The molecule has 0 radical (unpaired) electrons. The van der Waals surface area contributed by atoms with Gasteiger partial charge in [-0.05, 0) is 18.8 Å². The zero-order valence-electron chi connectivity index (χ0n) is 6.62. The Labute approximate surface area is 68.2 Å². The van der Waals surface area contributed by atoms with Crippen LogP contribution in [-0.2, 0) is 9.84 Å². The summed E-state index contributed by atoms with van der Waals surface area (Å²) in [4.78, 5) is 0. The molecule has 1 aliphatic carbocycles. The second-order valence-corrected chi connectivity index (χ2v) is 5.14. The molecule has 0 atom stereocenters. The highest BCUT2D eigenvalue weighted by Crippen LogP contribution is 2.26. The highest BCUT2D eigenvalue weighted by Gasteiger charge is 2.20. The van der Waals surface area contributed by atoms with Gasteiger partial charge in [0, 0.05) is 5.41 Å². The topological polar surface area (TPSA) is 34.1 Å². The molecule has 0 heterocycles. The predicted molar refractivity (Wildman–Crippen MR) is 45.9 cm³/mol. The smallest absolute Gasteiger partial charge is 0.171 e. The summed E-state index contributed by atoms with van der Waals surface area (Å²) in [6.45, 7) is 3.29. The van der Waals surface area contributed by atoms with Gasteiger partial charge in [-0.15, -0.1) is 0 Å². The molecule has 0 aromatic rings. The molecule has 1 rings (SSSR count). The van der Waals surface area contributed by atoms with E-state index in [0.29, 0.717) is 11.7 Å². The Morgan fingerprint density at radius 3 is 2.36 bits per heavy atom. The third kappa shape index (κ3) is 2.66. The van der Waals surface area contributed by atoms with Crippen molar-refractivity contribution in [1.29, 1.82) is 0 Å². The Morgan fingerprint density at radius 1 is 1.36 bits per heavy atom. The fraction of sp³-hybridized carbons (Fsp3) is 0.750. The average molecular weight is 174 g/mol. The predicted octanol–water partition coefficient (Wildman–Crippen LogP) is 1.73. The van der Waals surface area contributed by atoms with E-state index < -0.39 is 9.84 Å². The molecule has 0 aliphatic heterocycles. The first-order valence-corrected chi connectivity index (χ1v) is 5.71. The molecule has 0 aromatic heterocycles. The van der Waals surface area contributed by atoms with Gasteiger partial charge >= 0.3 is 0 Å². The van der Waals surface area contributed by atoms with Crippen molar-refractivity contribution in [3.05, 3.63) is 12.0 Å². The molecule has 0 saturated heterocycles. The van der Waals surface area contributed by atoms with Gasteiger partial charge < -0.3 is 0 Å². The van der Waals surface area contributed by atoms with Gasteiger partial charge in [-0.3, -0.25) is 0 Å². The number of hydrogen-bond donors (Lipinski definition) is 0. The van der Waals surface area contributed by atoms with E-state index in [0.717, 1.165) is 18.2 Å². The fourth-order valence-corrected chi connectivity index (χ4v) is 2.70. The minimum absolute atomic E-state index is 0.316. The third-order valence-electron chi connectivity index (χ3n) is 2.20. The quantitative estimate of drug-likeness (QED) is 0.653. The Kier molecular flexibility index (Phi) is 2.71. The lowest BCUT2D eigenvalue weighted by atomic mass is 10.1. The molecule has 0 N–H and O–H groups in total. The summed E-state index contributed by atoms with van der Waals surface area (Å²) in [6, 6.07) is 0. The molecular formula is C8H14O2S. The first kappa shape index (κ1) is 8.78. The van der Waals surface area contributed by atoms with Gasteiger partial charge in [-0.2, -0.15) is 0 Å². The first-order chi connectivity index (χ1) is 5.14. The Balaban J connectivity index is 2.47. The van der Waals surface area contributed by atoms with Crippen LogP contribution in [0.25, 0.3) is 0 Å². The van der Waals surface area contributed by atoms with Gasteiger partial charge in [-0.1, -0.05) is 19.4 Å². The zero-order chi connectivity index (χ0) is 8.32. The molecule has 1 aliphatic rings. The second-order valence-electron chi connectivity index (χ2n) is 3.15. The highest BCUT2D eigenvalue weighted by molar-refractivity contribution is 7.94. The molecular weight excluding hydrogens is 160 g/mol. The summed E-state index contributed by atoms with van der Waals surface area (Å²) in [5.41, 5.74) is 0. The van der Waals surface area contributed by atoms with Crippen molar-refractivity contribution >= 4 is 9.84 Å². The Morgan fingerprint density at radius 2 is 1.91 bits per heavy atom. The van der Waals surface area contributed by atoms with Crippen LogP contribution in [0.4, 0.5) is 0 Å². The van der Waals surface area contributed by atoms with E-state index in [1.54, 1.807) is 0 Å². The molecule has 0 spiro atoms. The van der Waals surface area contributed by atoms with E-state index in [1.807, 2.05) is 0 Å². The van der Waals surface area contributed by atoms with E-state index in [2.05, 4.69) is 6.58 Å². The minimum atomic E-state index is -2.94. The third-order valence-corrected chi connectivity index (χ3v) is 3.64. The summed E-state index contributed by atoms with van der Waals surface area (Å²) in [5, 5.41) is 1.07. The molecule has 0 aromatic carbocycles. The van der Waals surface area contributed by atoms with Crippen LogP contribution in [0.3, 0.4) is 0 Å². The summed E-state index contributed by atoms with van der Waals surface area (Å²) in [6.07, 6.45) is 4.54.